The van der Waals surface area contributed by atoms with E-state index in [1.807, 2.05) is 73.7 Å². The second-order valence-corrected chi connectivity index (χ2v) is 36.3. The normalized spacial score (nSPS) is 14.7. The van der Waals surface area contributed by atoms with Crippen molar-refractivity contribution in [2.45, 2.75) is 193 Å². The fourth-order valence-electron chi connectivity index (χ4n) is 24.2. The Kier molecular flexibility index (Phi) is 13.4. The molecule has 15 aromatic carbocycles. The third-order valence-corrected chi connectivity index (χ3v) is 32.0. The maximum Gasteiger partial charge on any atom is 0.261 e. The summed E-state index contributed by atoms with van der Waals surface area (Å²) in [7, 11) is 3.11. The number of pyridine rings is 4. The Morgan fingerprint density at radius 2 is 0.283 bits per heavy atom. The Bertz CT molecular complexity index is 8190. The molecule has 0 aliphatic carbocycles. The van der Waals surface area contributed by atoms with E-state index >= 15 is 0 Å². The lowest BCUT2D eigenvalue weighted by Crippen LogP contribution is -2.41. The number of rotatable bonds is 0. The van der Waals surface area contributed by atoms with E-state index in [1.54, 1.807) is 14.1 Å². The number of fused-ring (bicyclic) bond motifs is 14. The monoisotopic (exact) mass is 1580 g/mol. The Morgan fingerprint density at radius 3 is 0.433 bits per heavy atom. The van der Waals surface area contributed by atoms with Gasteiger partial charge in [-0.1, -0.05) is 0 Å². The smallest absolute Gasteiger partial charge is 0.261 e. The summed E-state index contributed by atoms with van der Waals surface area (Å²) in [5, 5.41) is 33.5. The molecule has 18 nitrogen and oxygen atoms in total. The third kappa shape index (κ3) is 7.44. The molecule has 6 aliphatic heterocycles. The van der Waals surface area contributed by atoms with Crippen molar-refractivity contribution >= 4 is 196 Å². The van der Waals surface area contributed by atoms with Crippen LogP contribution in [0.15, 0.2) is 39.1 Å². The molecule has 0 unspecified atom stereocenters. The van der Waals surface area contributed by atoms with Crippen LogP contribution in [0.25, 0.3) is 172 Å². The van der Waals surface area contributed by atoms with Gasteiger partial charge >= 0.3 is 0 Å². The van der Waals surface area contributed by atoms with Gasteiger partial charge in [0.1, 0.15) is 48.6 Å². The minimum Gasteiger partial charge on any atom is -0.277 e. The van der Waals surface area contributed by atoms with E-state index in [4.69, 9.17) is 20.0 Å². The number of hydrogen-bond acceptors (Lipinski definition) is 12. The van der Waals surface area contributed by atoms with Crippen molar-refractivity contribution in [1.29, 1.82) is 0 Å². The Balaban J connectivity index is 0.000000105. The highest BCUT2D eigenvalue weighted by molar-refractivity contribution is 6.47. The van der Waals surface area contributed by atoms with Crippen LogP contribution >= 0.6 is 0 Å². The van der Waals surface area contributed by atoms with Gasteiger partial charge in [0.05, 0.1) is 43.8 Å². The summed E-state index contributed by atoms with van der Waals surface area (Å²) < 4.78 is 7.34. The Hall–Kier alpha value is -13.0. The average Bonchev–Trinajstić information content (AvgIpc) is 0.665. The molecule has 592 valence electrons. The molecule has 0 bridgehead atoms. The van der Waals surface area contributed by atoms with E-state index in [-0.39, 0.29) is 45.9 Å². The van der Waals surface area contributed by atoms with Crippen LogP contribution in [0.1, 0.15) is 175 Å². The Morgan fingerprint density at radius 1 is 0.158 bits per heavy atom. The number of amides is 4. The minimum absolute atomic E-state index is 0.0596. The molecule has 0 atom stereocenters. The molecule has 0 N–H and O–H groups in total. The first-order chi connectivity index (χ1) is 56.9. The van der Waals surface area contributed by atoms with Crippen molar-refractivity contribution < 1.29 is 19.2 Å². The SMILES string of the molecule is Cc1c(C)c2c3c(C)c(C)c4c(=O)n5c(c6c(C)c(C)c(c7c(C)c(C)c8c9n(c(=O)c1c8c27)CN=9)c3c46)=NC5.Cc1c(C)c2c3c(C)c(C)c4c5n(c(=O)c6c(C)c(C)c(c7c(C)c(C)c8c9n(c(=O)c1c8c27)CN=9)c3c64)CN=5.Cc1c2c3c(c(C)c(C)c4c5c(C)c(C)c6c7c(c(C)c(C)c(c(c1C)c34)c75)C(=O)N(C)C6=O)C(=O)N(C)C2=O. The van der Waals surface area contributed by atoms with Gasteiger partial charge in [-0.3, -0.25) is 66.4 Å². The number of aryl methyl sites for hydroxylation is 20. The van der Waals surface area contributed by atoms with Gasteiger partial charge in [-0.15, -0.1) is 0 Å². The fourth-order valence-corrected chi connectivity index (χ4v) is 24.2. The molecule has 4 aromatic heterocycles. The number of hydrogen-bond donors (Lipinski definition) is 0. The molecule has 0 saturated heterocycles. The first-order valence-corrected chi connectivity index (χ1v) is 41.6. The standard InChI is InChI=1S/2C34H28N4O2.C34H30N2O4/c1-11-15(5)23-29-25(33(39)37-9-35-31(23)37)18(8)14(4)22-20-12(2)16(6)24-30-26(34(40)38-10-36-32(24)38)17(7)13(3)21(28(20)30)19(11)27(22)29;1-11-15(5)23-29-25(33(39)37-9-35-31(23)37)17(7)13(3)21-22-14(4)18(8)26-30-24(32-36-10-38(32)34(26)40)16(6)12(2)20(28(22)30)19(11)27(21)29;1-11-15(5)23-29-24(32(38)35(9)31(23)37)17(7)13(3)21-22-14(4)18(8)26-30-25(33(39)36(10)34(26)40)16(6)12(2)20(28(22)30)19(11)27(21)29/h2*9-10H2,1-8H3;1-10H3. The second-order valence-electron chi connectivity index (χ2n) is 36.3. The first-order valence-electron chi connectivity index (χ1n) is 41.6. The number of carbonyl (C=O) groups is 4. The molecule has 19 aromatic rings. The molecular formula is C102H86N10O8. The summed E-state index contributed by atoms with van der Waals surface area (Å²) in [6.45, 7) is 52.4. The second kappa shape index (κ2) is 22.3. The molecule has 0 spiro atoms. The molecule has 4 amide bonds. The van der Waals surface area contributed by atoms with Crippen LogP contribution in [0.4, 0.5) is 0 Å². The highest BCUT2D eigenvalue weighted by atomic mass is 16.2. The molecule has 0 radical (unpaired) electrons. The van der Waals surface area contributed by atoms with E-state index in [0.29, 0.717) is 48.9 Å². The van der Waals surface area contributed by atoms with Gasteiger partial charge in [-0.25, -0.2) is 20.0 Å². The van der Waals surface area contributed by atoms with Crippen LogP contribution in [-0.2, 0) is 26.7 Å². The highest BCUT2D eigenvalue weighted by Crippen LogP contribution is 2.57. The van der Waals surface area contributed by atoms with Gasteiger partial charge in [0.2, 0.25) is 0 Å². The minimum atomic E-state index is -0.282. The van der Waals surface area contributed by atoms with Crippen LogP contribution in [0.5, 0.6) is 0 Å². The van der Waals surface area contributed by atoms with Gasteiger partial charge in [0, 0.05) is 68.0 Å². The summed E-state index contributed by atoms with van der Waals surface area (Å²) in [5.74, 6) is -1.13. The topological polar surface area (TPSA) is 212 Å². The van der Waals surface area contributed by atoms with Crippen molar-refractivity contribution in [3.8, 4) is 0 Å². The molecular weight excluding hydrogens is 1490 g/mol. The van der Waals surface area contributed by atoms with E-state index < -0.39 is 0 Å². The maximum absolute atomic E-state index is 13.9. The predicted octanol–water partition coefficient (Wildman–Crippen LogP) is 17.6. The van der Waals surface area contributed by atoms with Crippen molar-refractivity contribution in [2.24, 2.45) is 20.0 Å². The molecule has 0 fully saturated rings. The van der Waals surface area contributed by atoms with Crippen LogP contribution < -0.4 is 44.2 Å². The molecule has 0 saturated carbocycles. The molecule has 25 rings (SSSR count). The number of aromatic nitrogens is 4. The summed E-state index contributed by atoms with van der Waals surface area (Å²) >= 11 is 0. The summed E-state index contributed by atoms with van der Waals surface area (Å²) in [6.07, 6.45) is 0. The van der Waals surface area contributed by atoms with Crippen molar-refractivity contribution in [2.75, 3.05) is 14.1 Å². The maximum atomic E-state index is 13.9. The number of nitrogens with zero attached hydrogens (tertiary/aromatic N) is 10. The zero-order valence-corrected chi connectivity index (χ0v) is 72.6. The quantitative estimate of drug-likeness (QED) is 0.0807. The Labute approximate surface area is 685 Å². The number of imide groups is 2. The van der Waals surface area contributed by atoms with E-state index in [2.05, 4.69) is 111 Å². The lowest BCUT2D eigenvalue weighted by Gasteiger charge is -2.34. The van der Waals surface area contributed by atoms with E-state index in [0.717, 1.165) is 219 Å². The molecule has 10 heterocycles. The van der Waals surface area contributed by atoms with Crippen molar-refractivity contribution in [3.05, 3.63) is 219 Å². The van der Waals surface area contributed by atoms with Gasteiger partial charge in [0.15, 0.2) is 0 Å². The zero-order chi connectivity index (χ0) is 84.7. The largest absolute Gasteiger partial charge is 0.277 e. The summed E-state index contributed by atoms with van der Waals surface area (Å²) in [4.78, 5) is 131. The van der Waals surface area contributed by atoms with Gasteiger partial charge in [0.25, 0.3) is 45.9 Å². The number of carbonyl (C=O) groups excluding carboxylic acids is 4. The summed E-state index contributed by atoms with van der Waals surface area (Å²) in [5.41, 5.74) is 31.4. The molecule has 120 heavy (non-hydrogen) atoms. The molecule has 18 heteroatoms. The van der Waals surface area contributed by atoms with E-state index in [1.165, 1.54) is 119 Å². The highest BCUT2D eigenvalue weighted by Gasteiger charge is 2.43. The van der Waals surface area contributed by atoms with Gasteiger partial charge in [-0.05, 0) is 397 Å². The van der Waals surface area contributed by atoms with Crippen LogP contribution in [0.2, 0.25) is 0 Å². The third-order valence-electron chi connectivity index (χ3n) is 32.0. The molecule has 6 aliphatic rings. The predicted molar refractivity (Wildman–Crippen MR) is 484 cm³/mol. The number of benzene rings is 15. The average molecular weight is 1580 g/mol. The van der Waals surface area contributed by atoms with E-state index in [9.17, 15) is 38.4 Å². The van der Waals surface area contributed by atoms with Gasteiger partial charge < -0.3 is 0 Å². The fraction of sp³-hybridized carbons (Fsp3) is 0.294. The van der Waals surface area contributed by atoms with Crippen LogP contribution in [-0.4, -0.2) is 65.8 Å². The zero-order valence-electron chi connectivity index (χ0n) is 72.6. The lowest BCUT2D eigenvalue weighted by molar-refractivity contribution is 0.0634. The van der Waals surface area contributed by atoms with Gasteiger partial charge in [-0.2, -0.15) is 0 Å². The van der Waals surface area contributed by atoms with Crippen molar-refractivity contribution in [1.82, 2.24) is 28.1 Å². The lowest BCUT2D eigenvalue weighted by atomic mass is 9.73. The first kappa shape index (κ1) is 72.3. The van der Waals surface area contributed by atoms with Crippen LogP contribution in [0.3, 0.4) is 0 Å². The van der Waals surface area contributed by atoms with Crippen molar-refractivity contribution in [3.63, 3.8) is 0 Å². The summed E-state index contributed by atoms with van der Waals surface area (Å²) in [6, 6.07) is 0. The van der Waals surface area contributed by atoms with Crippen LogP contribution in [0, 0.1) is 166 Å².